The van der Waals surface area contributed by atoms with Crippen molar-refractivity contribution in [1.82, 2.24) is 5.43 Å². The molecule has 0 heterocycles. The van der Waals surface area contributed by atoms with E-state index in [1.165, 1.54) is 0 Å². The second-order valence-electron chi connectivity index (χ2n) is 5.53. The van der Waals surface area contributed by atoms with E-state index in [0.29, 0.717) is 11.5 Å². The van der Waals surface area contributed by atoms with Gasteiger partial charge in [0.1, 0.15) is 6.04 Å². The summed E-state index contributed by atoms with van der Waals surface area (Å²) >= 11 is 0. The summed E-state index contributed by atoms with van der Waals surface area (Å²) in [6.07, 6.45) is 1.56. The lowest BCUT2D eigenvalue weighted by molar-refractivity contribution is -0.121. The number of para-hydroxylation sites is 1. The van der Waals surface area contributed by atoms with Gasteiger partial charge in [0.15, 0.2) is 11.5 Å². The first-order valence-electron chi connectivity index (χ1n) is 7.92. The smallest absolute Gasteiger partial charge is 0.262 e. The predicted molar refractivity (Wildman–Crippen MR) is 99.5 cm³/mol. The van der Waals surface area contributed by atoms with Crippen LogP contribution in [0.2, 0.25) is 0 Å². The van der Waals surface area contributed by atoms with Crippen LogP contribution >= 0.6 is 0 Å². The van der Waals surface area contributed by atoms with Crippen molar-refractivity contribution in [3.63, 3.8) is 0 Å². The van der Waals surface area contributed by atoms with Crippen LogP contribution in [-0.4, -0.2) is 32.4 Å². The van der Waals surface area contributed by atoms with Crippen LogP contribution in [0.4, 0.5) is 5.69 Å². The molecular weight excluding hydrogens is 318 g/mol. The van der Waals surface area contributed by atoms with E-state index in [4.69, 9.17) is 9.47 Å². The molecule has 0 fully saturated rings. The molecule has 0 radical (unpaired) electrons. The number of methoxy groups -OCH3 is 2. The maximum atomic E-state index is 12.1. The molecule has 132 valence electrons. The SMILES string of the molecule is COc1ccc(C=NNC(=O)C(C)Nc2ccccc2C)cc1OC. The van der Waals surface area contributed by atoms with Crippen molar-refractivity contribution < 1.29 is 14.3 Å². The van der Waals surface area contributed by atoms with Gasteiger partial charge in [-0.15, -0.1) is 0 Å². The molecule has 1 unspecified atom stereocenters. The molecule has 1 atom stereocenters. The normalized spacial score (nSPS) is 11.8. The Morgan fingerprint density at radius 3 is 2.52 bits per heavy atom. The lowest BCUT2D eigenvalue weighted by atomic mass is 10.2. The summed E-state index contributed by atoms with van der Waals surface area (Å²) in [6, 6.07) is 12.8. The first-order chi connectivity index (χ1) is 12.0. The number of hydrazone groups is 1. The van der Waals surface area contributed by atoms with Gasteiger partial charge in [0.25, 0.3) is 5.91 Å². The van der Waals surface area contributed by atoms with Crippen molar-refractivity contribution in [3.8, 4) is 11.5 Å². The van der Waals surface area contributed by atoms with Crippen molar-refractivity contribution in [2.75, 3.05) is 19.5 Å². The lowest BCUT2D eigenvalue weighted by Crippen LogP contribution is -2.35. The van der Waals surface area contributed by atoms with E-state index in [1.807, 2.05) is 37.3 Å². The van der Waals surface area contributed by atoms with Crippen molar-refractivity contribution in [1.29, 1.82) is 0 Å². The molecule has 0 aliphatic rings. The monoisotopic (exact) mass is 341 g/mol. The number of hydrogen-bond donors (Lipinski definition) is 2. The van der Waals surface area contributed by atoms with Crippen molar-refractivity contribution in [2.24, 2.45) is 5.10 Å². The van der Waals surface area contributed by atoms with Crippen LogP contribution in [0.3, 0.4) is 0 Å². The van der Waals surface area contributed by atoms with E-state index in [-0.39, 0.29) is 5.91 Å². The molecule has 25 heavy (non-hydrogen) atoms. The Balaban J connectivity index is 1.95. The highest BCUT2D eigenvalue weighted by atomic mass is 16.5. The number of carbonyl (C=O) groups is 1. The fourth-order valence-electron chi connectivity index (χ4n) is 2.23. The molecule has 0 aromatic heterocycles. The van der Waals surface area contributed by atoms with Crippen LogP contribution in [0, 0.1) is 6.92 Å². The molecule has 2 N–H and O–H groups in total. The summed E-state index contributed by atoms with van der Waals surface area (Å²) in [7, 11) is 3.15. The van der Waals surface area contributed by atoms with Gasteiger partial charge in [-0.3, -0.25) is 4.79 Å². The summed E-state index contributed by atoms with van der Waals surface area (Å²) < 4.78 is 10.4. The predicted octanol–water partition coefficient (Wildman–Crippen LogP) is 2.96. The summed E-state index contributed by atoms with van der Waals surface area (Å²) in [4.78, 5) is 12.1. The number of nitrogens with zero attached hydrogens (tertiary/aromatic N) is 1. The highest BCUT2D eigenvalue weighted by Gasteiger charge is 2.12. The quantitative estimate of drug-likeness (QED) is 0.600. The number of anilines is 1. The molecular formula is C19H23N3O3. The molecule has 2 rings (SSSR count). The Hall–Kier alpha value is -3.02. The second-order valence-corrected chi connectivity index (χ2v) is 5.53. The summed E-state index contributed by atoms with van der Waals surface area (Å²) in [5.41, 5.74) is 5.33. The molecule has 6 heteroatoms. The molecule has 2 aromatic carbocycles. The minimum absolute atomic E-state index is 0.222. The van der Waals surface area contributed by atoms with Crippen LogP contribution in [0.1, 0.15) is 18.1 Å². The third kappa shape index (κ3) is 4.97. The van der Waals surface area contributed by atoms with Crippen molar-refractivity contribution in [2.45, 2.75) is 19.9 Å². The number of benzene rings is 2. The molecule has 0 aliphatic heterocycles. The van der Waals surface area contributed by atoms with E-state index in [0.717, 1.165) is 16.8 Å². The fraction of sp³-hybridized carbons (Fsp3) is 0.263. The Labute approximate surface area is 147 Å². The third-order valence-corrected chi connectivity index (χ3v) is 3.71. The largest absolute Gasteiger partial charge is 0.493 e. The Morgan fingerprint density at radius 1 is 1.12 bits per heavy atom. The number of amides is 1. The van der Waals surface area contributed by atoms with E-state index in [2.05, 4.69) is 15.8 Å². The average molecular weight is 341 g/mol. The number of ether oxygens (including phenoxy) is 2. The zero-order chi connectivity index (χ0) is 18.2. The highest BCUT2D eigenvalue weighted by molar-refractivity contribution is 5.86. The maximum Gasteiger partial charge on any atom is 0.262 e. The van der Waals surface area contributed by atoms with Crippen LogP contribution in [0.25, 0.3) is 0 Å². The van der Waals surface area contributed by atoms with Crippen LogP contribution in [0.5, 0.6) is 11.5 Å². The average Bonchev–Trinajstić information content (AvgIpc) is 2.63. The van der Waals surface area contributed by atoms with Gasteiger partial charge in [-0.1, -0.05) is 18.2 Å². The van der Waals surface area contributed by atoms with E-state index < -0.39 is 6.04 Å². The summed E-state index contributed by atoms with van der Waals surface area (Å²) in [5.74, 6) is 1.02. The Morgan fingerprint density at radius 2 is 1.84 bits per heavy atom. The molecule has 2 aromatic rings. The molecule has 0 saturated heterocycles. The summed E-state index contributed by atoms with van der Waals surface area (Å²) in [5, 5.41) is 7.17. The molecule has 6 nitrogen and oxygen atoms in total. The van der Waals surface area contributed by atoms with E-state index in [9.17, 15) is 4.79 Å². The number of nitrogens with one attached hydrogen (secondary N) is 2. The molecule has 0 bridgehead atoms. The van der Waals surface area contributed by atoms with Gasteiger partial charge in [0, 0.05) is 5.69 Å². The maximum absolute atomic E-state index is 12.1. The van der Waals surface area contributed by atoms with E-state index >= 15 is 0 Å². The zero-order valence-corrected chi connectivity index (χ0v) is 14.9. The molecule has 1 amide bonds. The number of carbonyl (C=O) groups excluding carboxylic acids is 1. The lowest BCUT2D eigenvalue weighted by Gasteiger charge is -2.15. The molecule has 0 aliphatic carbocycles. The van der Waals surface area contributed by atoms with E-state index in [1.54, 1.807) is 39.5 Å². The number of rotatable bonds is 7. The molecule has 0 saturated carbocycles. The second kappa shape index (κ2) is 8.73. The summed E-state index contributed by atoms with van der Waals surface area (Å²) in [6.45, 7) is 3.77. The standard InChI is InChI=1S/C19H23N3O3/c1-13-7-5-6-8-16(13)21-14(2)19(23)22-20-12-15-9-10-17(24-3)18(11-15)25-4/h5-12,14,21H,1-4H3,(H,22,23). The number of hydrogen-bond acceptors (Lipinski definition) is 5. The van der Waals surface area contributed by atoms with Gasteiger partial charge < -0.3 is 14.8 Å². The fourth-order valence-corrected chi connectivity index (χ4v) is 2.23. The van der Waals surface area contributed by atoms with Crippen LogP contribution < -0.4 is 20.2 Å². The number of aryl methyl sites for hydroxylation is 1. The Kier molecular flexibility index (Phi) is 6.39. The van der Waals surface area contributed by atoms with Crippen molar-refractivity contribution in [3.05, 3.63) is 53.6 Å². The topological polar surface area (TPSA) is 72.0 Å². The van der Waals surface area contributed by atoms with Gasteiger partial charge in [-0.05, 0) is 49.2 Å². The minimum atomic E-state index is -0.413. The molecule has 0 spiro atoms. The zero-order valence-electron chi connectivity index (χ0n) is 14.9. The van der Waals surface area contributed by atoms with Gasteiger partial charge >= 0.3 is 0 Å². The van der Waals surface area contributed by atoms with Crippen LogP contribution in [-0.2, 0) is 4.79 Å². The minimum Gasteiger partial charge on any atom is -0.493 e. The first kappa shape index (κ1) is 18.3. The van der Waals surface area contributed by atoms with Gasteiger partial charge in [-0.25, -0.2) is 5.43 Å². The highest BCUT2D eigenvalue weighted by Crippen LogP contribution is 2.26. The third-order valence-electron chi connectivity index (χ3n) is 3.71. The first-order valence-corrected chi connectivity index (χ1v) is 7.92. The van der Waals surface area contributed by atoms with Gasteiger partial charge in [-0.2, -0.15) is 5.10 Å². The van der Waals surface area contributed by atoms with Crippen molar-refractivity contribution >= 4 is 17.8 Å². The van der Waals surface area contributed by atoms with Crippen LogP contribution in [0.15, 0.2) is 47.6 Å². The van der Waals surface area contributed by atoms with Gasteiger partial charge in [0.2, 0.25) is 0 Å². The van der Waals surface area contributed by atoms with Gasteiger partial charge in [0.05, 0.1) is 20.4 Å². The Bertz CT molecular complexity index is 759.